The van der Waals surface area contributed by atoms with Crippen molar-refractivity contribution in [2.75, 3.05) is 13.2 Å². The van der Waals surface area contributed by atoms with E-state index in [0.717, 1.165) is 0 Å². The van der Waals surface area contributed by atoms with Crippen LogP contribution < -0.4 is 0 Å². The molecule has 0 atom stereocenters. The Bertz CT molecular complexity index is 642. The molecule has 27 heavy (non-hydrogen) atoms. The van der Waals surface area contributed by atoms with Crippen molar-refractivity contribution in [1.82, 2.24) is 0 Å². The van der Waals surface area contributed by atoms with Gasteiger partial charge in [0.1, 0.15) is 0 Å². The van der Waals surface area contributed by atoms with Crippen LogP contribution in [0.5, 0.6) is 0 Å². The van der Waals surface area contributed by atoms with Crippen LogP contribution in [0.25, 0.3) is 12.2 Å². The number of hydrogen-bond acceptors (Lipinski definition) is 2. The van der Waals surface area contributed by atoms with Gasteiger partial charge in [-0.3, -0.25) is 0 Å². The molecule has 2 rings (SSSR count). The SMILES string of the molecule is CC(C)[Si](OC/C=C\c1ccccc1)(OC/C=C/c1ccccc1)C(C)C. The van der Waals surface area contributed by atoms with E-state index in [9.17, 15) is 0 Å². The Morgan fingerprint density at radius 2 is 1.04 bits per heavy atom. The van der Waals surface area contributed by atoms with Gasteiger partial charge in [-0.1, -0.05) is 113 Å². The minimum Gasteiger partial charge on any atom is -0.390 e. The van der Waals surface area contributed by atoms with Gasteiger partial charge in [0.2, 0.25) is 0 Å². The molecule has 0 saturated heterocycles. The predicted molar refractivity (Wildman–Crippen MR) is 119 cm³/mol. The Hall–Kier alpha value is -1.94. The van der Waals surface area contributed by atoms with Gasteiger partial charge in [-0.05, 0) is 22.2 Å². The monoisotopic (exact) mass is 380 g/mol. The van der Waals surface area contributed by atoms with Gasteiger partial charge in [0.05, 0.1) is 13.2 Å². The second-order valence-corrected chi connectivity index (χ2v) is 11.6. The summed E-state index contributed by atoms with van der Waals surface area (Å²) in [5, 5.41) is 0. The molecule has 2 aromatic carbocycles. The second kappa shape index (κ2) is 11.0. The second-order valence-electron chi connectivity index (χ2n) is 7.28. The molecule has 0 spiro atoms. The molecule has 0 heterocycles. The summed E-state index contributed by atoms with van der Waals surface area (Å²) in [6.45, 7) is 10.0. The van der Waals surface area contributed by atoms with Crippen LogP contribution >= 0.6 is 0 Å². The Labute approximate surface area is 165 Å². The molecule has 0 fully saturated rings. The molecule has 0 bridgehead atoms. The van der Waals surface area contributed by atoms with Crippen LogP contribution in [0, 0.1) is 0 Å². The van der Waals surface area contributed by atoms with E-state index in [1.54, 1.807) is 0 Å². The fraction of sp³-hybridized carbons (Fsp3) is 0.333. The van der Waals surface area contributed by atoms with Crippen molar-refractivity contribution in [3.8, 4) is 0 Å². The molecular weight excluding hydrogens is 348 g/mol. The van der Waals surface area contributed by atoms with Crippen molar-refractivity contribution in [3.63, 3.8) is 0 Å². The van der Waals surface area contributed by atoms with Crippen molar-refractivity contribution >= 4 is 20.7 Å². The van der Waals surface area contributed by atoms with Crippen LogP contribution in [0.1, 0.15) is 38.8 Å². The van der Waals surface area contributed by atoms with Crippen LogP contribution in [0.4, 0.5) is 0 Å². The molecule has 2 aromatic rings. The largest absolute Gasteiger partial charge is 0.390 e. The first kappa shape index (κ1) is 21.4. The molecule has 0 saturated carbocycles. The fourth-order valence-electron chi connectivity index (χ4n) is 3.23. The Kier molecular flexibility index (Phi) is 8.72. The van der Waals surface area contributed by atoms with Gasteiger partial charge in [-0.2, -0.15) is 0 Å². The Morgan fingerprint density at radius 1 is 0.667 bits per heavy atom. The van der Waals surface area contributed by atoms with Crippen molar-refractivity contribution in [1.29, 1.82) is 0 Å². The van der Waals surface area contributed by atoms with Crippen molar-refractivity contribution in [2.24, 2.45) is 0 Å². The maximum atomic E-state index is 6.42. The molecule has 144 valence electrons. The molecular formula is C24H32O2Si. The van der Waals surface area contributed by atoms with E-state index in [0.29, 0.717) is 24.3 Å². The van der Waals surface area contributed by atoms with E-state index in [4.69, 9.17) is 8.85 Å². The first-order valence-corrected chi connectivity index (χ1v) is 11.7. The standard InChI is InChI=1S/C24H32O2Si/c1-21(2)27(22(3)4,25-19-11-17-23-13-7-5-8-14-23)26-20-12-18-24-15-9-6-10-16-24/h5-18,21-22H,19-20H2,1-4H3/b17-11-,18-12+. The fourth-order valence-corrected chi connectivity index (χ4v) is 6.69. The molecule has 0 aliphatic heterocycles. The van der Waals surface area contributed by atoms with Crippen LogP contribution in [0.2, 0.25) is 11.1 Å². The maximum absolute atomic E-state index is 6.42. The number of hydrogen-bond donors (Lipinski definition) is 0. The van der Waals surface area contributed by atoms with E-state index in [1.165, 1.54) is 11.1 Å². The Balaban J connectivity index is 1.97. The van der Waals surface area contributed by atoms with Crippen LogP contribution in [-0.2, 0) is 8.85 Å². The third kappa shape index (κ3) is 6.62. The van der Waals surface area contributed by atoms with Gasteiger partial charge in [0.15, 0.2) is 0 Å². The van der Waals surface area contributed by atoms with Gasteiger partial charge < -0.3 is 8.85 Å². The van der Waals surface area contributed by atoms with Crippen LogP contribution in [0.15, 0.2) is 72.8 Å². The normalized spacial score (nSPS) is 12.7. The summed E-state index contributed by atoms with van der Waals surface area (Å²) in [6, 6.07) is 20.6. The van der Waals surface area contributed by atoms with Gasteiger partial charge >= 0.3 is 8.56 Å². The van der Waals surface area contributed by atoms with Crippen LogP contribution in [-0.4, -0.2) is 21.8 Å². The highest BCUT2D eigenvalue weighted by Gasteiger charge is 2.44. The minimum atomic E-state index is -2.33. The number of benzene rings is 2. The summed E-state index contributed by atoms with van der Waals surface area (Å²) in [5.74, 6) is 0. The van der Waals surface area contributed by atoms with Crippen molar-refractivity contribution in [2.45, 2.75) is 38.8 Å². The first-order chi connectivity index (χ1) is 13.0. The Morgan fingerprint density at radius 3 is 1.37 bits per heavy atom. The zero-order chi connectivity index (χ0) is 19.5. The van der Waals surface area contributed by atoms with Crippen molar-refractivity contribution < 1.29 is 8.85 Å². The summed E-state index contributed by atoms with van der Waals surface area (Å²) in [5.41, 5.74) is 3.14. The minimum absolute atomic E-state index is 0.382. The molecule has 0 amide bonds. The number of rotatable bonds is 10. The lowest BCUT2D eigenvalue weighted by Crippen LogP contribution is -2.48. The highest BCUT2D eigenvalue weighted by molar-refractivity contribution is 6.70. The highest BCUT2D eigenvalue weighted by Crippen LogP contribution is 2.34. The molecule has 2 nitrogen and oxygen atoms in total. The quantitative estimate of drug-likeness (QED) is 0.426. The summed E-state index contributed by atoms with van der Waals surface area (Å²) in [4.78, 5) is 0. The topological polar surface area (TPSA) is 18.5 Å². The molecule has 0 aromatic heterocycles. The maximum Gasteiger partial charge on any atom is 0.343 e. The lowest BCUT2D eigenvalue weighted by atomic mass is 10.2. The molecule has 0 radical (unpaired) electrons. The van der Waals surface area contributed by atoms with E-state index >= 15 is 0 Å². The molecule has 0 aliphatic carbocycles. The third-order valence-corrected chi connectivity index (χ3v) is 9.09. The average Bonchev–Trinajstić information content (AvgIpc) is 2.68. The predicted octanol–water partition coefficient (Wildman–Crippen LogP) is 6.71. The molecule has 0 aliphatic rings. The lowest BCUT2D eigenvalue weighted by molar-refractivity contribution is 0.184. The van der Waals surface area contributed by atoms with E-state index in [-0.39, 0.29) is 0 Å². The third-order valence-electron chi connectivity index (χ3n) is 4.64. The van der Waals surface area contributed by atoms with Crippen molar-refractivity contribution in [3.05, 3.63) is 83.9 Å². The van der Waals surface area contributed by atoms with E-state index in [2.05, 4.69) is 76.3 Å². The summed E-state index contributed by atoms with van der Waals surface area (Å²) < 4.78 is 12.8. The summed E-state index contributed by atoms with van der Waals surface area (Å²) in [6.07, 6.45) is 8.39. The lowest BCUT2D eigenvalue weighted by Gasteiger charge is -2.36. The molecule has 3 heteroatoms. The zero-order valence-electron chi connectivity index (χ0n) is 17.0. The van der Waals surface area contributed by atoms with E-state index < -0.39 is 8.56 Å². The first-order valence-electron chi connectivity index (χ1n) is 9.75. The van der Waals surface area contributed by atoms with Gasteiger partial charge in [-0.25, -0.2) is 0 Å². The van der Waals surface area contributed by atoms with E-state index in [1.807, 2.05) is 36.4 Å². The average molecular weight is 381 g/mol. The highest BCUT2D eigenvalue weighted by atomic mass is 28.4. The molecule has 0 unspecified atom stereocenters. The van der Waals surface area contributed by atoms with Crippen LogP contribution in [0.3, 0.4) is 0 Å². The smallest absolute Gasteiger partial charge is 0.343 e. The molecule has 0 N–H and O–H groups in total. The summed E-state index contributed by atoms with van der Waals surface area (Å²) in [7, 11) is -2.33. The van der Waals surface area contributed by atoms with Gasteiger partial charge in [-0.15, -0.1) is 0 Å². The zero-order valence-corrected chi connectivity index (χ0v) is 18.0. The van der Waals surface area contributed by atoms with Gasteiger partial charge in [0, 0.05) is 0 Å². The summed E-state index contributed by atoms with van der Waals surface area (Å²) >= 11 is 0. The van der Waals surface area contributed by atoms with Gasteiger partial charge in [0.25, 0.3) is 0 Å².